The third kappa shape index (κ3) is 6.01. The molecule has 0 aliphatic heterocycles. The van der Waals surface area contributed by atoms with Crippen LogP contribution in [0.4, 0.5) is 0 Å². The van der Waals surface area contributed by atoms with Gasteiger partial charge in [-0.25, -0.2) is 0 Å². The Hall–Kier alpha value is -10.4. The van der Waals surface area contributed by atoms with Gasteiger partial charge < -0.3 is 0 Å². The zero-order valence-corrected chi connectivity index (χ0v) is 48.0. The van der Waals surface area contributed by atoms with Crippen LogP contribution in [0, 0.1) is 34.6 Å². The minimum Gasteiger partial charge on any atom is -0.0620 e. The Morgan fingerprint density at radius 3 is 0.894 bits per heavy atom. The molecule has 18 aromatic carbocycles. The maximum Gasteiger partial charge on any atom is -0.000730 e. The molecule has 0 saturated carbocycles. The fraction of sp³-hybridized carbons (Fsp3) is 0.0588. The van der Waals surface area contributed by atoms with Gasteiger partial charge in [0.1, 0.15) is 0 Å². The monoisotopic (exact) mass is 1070 g/mol. The topological polar surface area (TPSA) is 0 Å². The van der Waals surface area contributed by atoms with E-state index in [9.17, 15) is 0 Å². The third-order valence-electron chi connectivity index (χ3n) is 20.4. The average Bonchev–Trinajstić information content (AvgIpc) is 1.57. The Morgan fingerprint density at radius 1 is 0.141 bits per heavy atom. The molecule has 85 heavy (non-hydrogen) atoms. The van der Waals surface area contributed by atoms with Crippen molar-refractivity contribution in [3.63, 3.8) is 0 Å². The van der Waals surface area contributed by atoms with E-state index in [-0.39, 0.29) is 0 Å². The van der Waals surface area contributed by atoms with E-state index in [1.807, 2.05) is 0 Å². The highest BCUT2D eigenvalue weighted by Crippen LogP contribution is 2.62. The van der Waals surface area contributed by atoms with Crippen molar-refractivity contribution >= 4 is 118 Å². The lowest BCUT2D eigenvalue weighted by Crippen LogP contribution is -1.95. The summed E-state index contributed by atoms with van der Waals surface area (Å²) in [6.45, 7) is 11.4. The summed E-state index contributed by atoms with van der Waals surface area (Å²) in [4.78, 5) is 0. The van der Waals surface area contributed by atoms with E-state index in [2.05, 4.69) is 271 Å². The largest absolute Gasteiger partial charge is 0.0620 e. The summed E-state index contributed by atoms with van der Waals surface area (Å²) in [6, 6.07) is 91.1. The van der Waals surface area contributed by atoms with Crippen molar-refractivity contribution in [1.29, 1.82) is 0 Å². The lowest BCUT2D eigenvalue weighted by atomic mass is 9.81. The standard InChI is InChI=1S/C85H54/c1-45-19-6-11-24-50(45)55-33-34-64-70-44-72-71(43-69(70)59-32-18-31-56(55)73(59)64)76(53-27-14-9-22-48(53)4)84-67-41-37-62-60-35-39-65-80-66(40-36-61(78(60)80)63-38-42-68(81(67)79(62)63)85(84)77(72)54-28-15-10-23-49(54)5)83-75(52-26-13-8-21-47(52)3)58-30-17-16-29-57(58)74(82(65)83)51-25-12-7-20-46(51)2/h6-44H,1-5H3. The lowest BCUT2D eigenvalue weighted by Gasteiger charge is -2.22. The number of benzene rings is 16. The van der Waals surface area contributed by atoms with Crippen LogP contribution in [-0.2, 0) is 0 Å². The molecule has 1 aliphatic carbocycles. The van der Waals surface area contributed by atoms with Gasteiger partial charge in [-0.1, -0.05) is 224 Å². The van der Waals surface area contributed by atoms with Gasteiger partial charge in [0.15, 0.2) is 0 Å². The van der Waals surface area contributed by atoms with E-state index < -0.39 is 0 Å². The molecule has 19 rings (SSSR count). The van der Waals surface area contributed by atoms with E-state index in [1.165, 1.54) is 224 Å². The quantitative estimate of drug-likeness (QED) is 0.119. The van der Waals surface area contributed by atoms with Crippen LogP contribution in [0.1, 0.15) is 27.8 Å². The molecule has 0 aromatic heterocycles. The Labute approximate surface area is 492 Å². The van der Waals surface area contributed by atoms with Crippen molar-refractivity contribution in [2.75, 3.05) is 0 Å². The van der Waals surface area contributed by atoms with Gasteiger partial charge in [-0.3, -0.25) is 0 Å². The molecule has 0 N–H and O–H groups in total. The number of fused-ring (bicyclic) bond motifs is 13. The van der Waals surface area contributed by atoms with E-state index in [4.69, 9.17) is 0 Å². The smallest absolute Gasteiger partial charge is 0.000730 e. The molecule has 0 nitrogen and oxygen atoms in total. The van der Waals surface area contributed by atoms with Gasteiger partial charge in [0.25, 0.3) is 0 Å². The highest BCUT2D eigenvalue weighted by molar-refractivity contribution is 6.48. The van der Waals surface area contributed by atoms with Crippen molar-refractivity contribution in [2.45, 2.75) is 34.6 Å². The maximum absolute atomic E-state index is 2.59. The third-order valence-corrected chi connectivity index (χ3v) is 20.4. The van der Waals surface area contributed by atoms with Crippen LogP contribution in [0.25, 0.3) is 196 Å². The Bertz CT molecular complexity index is 5710. The van der Waals surface area contributed by atoms with Gasteiger partial charge in [-0.15, -0.1) is 0 Å². The van der Waals surface area contributed by atoms with Crippen molar-refractivity contribution in [2.24, 2.45) is 0 Å². The van der Waals surface area contributed by atoms with Gasteiger partial charge in [0, 0.05) is 0 Å². The molecule has 0 amide bonds. The van der Waals surface area contributed by atoms with Crippen LogP contribution in [-0.4, -0.2) is 0 Å². The Morgan fingerprint density at radius 2 is 0.447 bits per heavy atom. The summed E-state index contributed by atoms with van der Waals surface area (Å²) >= 11 is 0. The second-order valence-electron chi connectivity index (χ2n) is 24.6. The SMILES string of the molecule is Cc1ccccc1-c1c2c(c(-c3ccccc3C)c3ccccc13)-c1ccc3c4ccc5c6c(-c7ccccc7C)c7cc8c(cc7c(-c7ccccc7C)c6c6ccc(c7ccc-2c1c73)c4c65)c1cccc2c(-c3ccccc3C)ccc8c21. The van der Waals surface area contributed by atoms with E-state index in [0.29, 0.717) is 0 Å². The number of aryl methyl sites for hydroxylation is 5. The molecule has 0 heteroatoms. The van der Waals surface area contributed by atoms with Crippen molar-refractivity contribution in [1.82, 2.24) is 0 Å². The molecular weight excluding hydrogens is 1020 g/mol. The van der Waals surface area contributed by atoms with Crippen molar-refractivity contribution < 1.29 is 0 Å². The highest BCUT2D eigenvalue weighted by Gasteiger charge is 2.34. The van der Waals surface area contributed by atoms with Gasteiger partial charge in [0.05, 0.1) is 0 Å². The number of rotatable bonds is 5. The Kier molecular flexibility index (Phi) is 9.36. The van der Waals surface area contributed by atoms with E-state index in [1.54, 1.807) is 0 Å². The zero-order valence-electron chi connectivity index (χ0n) is 48.0. The molecule has 0 radical (unpaired) electrons. The predicted octanol–water partition coefficient (Wildman–Crippen LogP) is 24.2. The molecule has 0 spiro atoms. The lowest BCUT2D eigenvalue weighted by molar-refractivity contribution is 1.46. The molecule has 0 saturated heterocycles. The predicted molar refractivity (Wildman–Crippen MR) is 368 cm³/mol. The molecule has 0 bridgehead atoms. The molecule has 18 aromatic rings. The first-order valence-corrected chi connectivity index (χ1v) is 30.2. The summed E-state index contributed by atoms with van der Waals surface area (Å²) in [5.41, 5.74) is 24.8. The van der Waals surface area contributed by atoms with Crippen molar-refractivity contribution in [3.05, 3.63) is 264 Å². The van der Waals surface area contributed by atoms with Crippen LogP contribution < -0.4 is 0 Å². The minimum atomic E-state index is 1.27. The fourth-order valence-electron chi connectivity index (χ4n) is 16.7. The maximum atomic E-state index is 2.59. The summed E-state index contributed by atoms with van der Waals surface area (Å²) in [7, 11) is 0. The van der Waals surface area contributed by atoms with Gasteiger partial charge in [-0.05, 0) is 271 Å². The fourth-order valence-corrected chi connectivity index (χ4v) is 16.7. The van der Waals surface area contributed by atoms with Crippen LogP contribution in [0.5, 0.6) is 0 Å². The normalized spacial score (nSPS) is 12.5. The van der Waals surface area contributed by atoms with Crippen LogP contribution in [0.3, 0.4) is 0 Å². The zero-order chi connectivity index (χ0) is 56.2. The van der Waals surface area contributed by atoms with Crippen LogP contribution >= 0.6 is 0 Å². The molecule has 1 aliphatic rings. The first-order chi connectivity index (χ1) is 41.8. The summed E-state index contributed by atoms with van der Waals surface area (Å²) in [5.74, 6) is 0. The van der Waals surface area contributed by atoms with Gasteiger partial charge in [0.2, 0.25) is 0 Å². The van der Waals surface area contributed by atoms with Gasteiger partial charge >= 0.3 is 0 Å². The average molecular weight is 1080 g/mol. The second kappa shape index (κ2) is 16.9. The van der Waals surface area contributed by atoms with Crippen LogP contribution in [0.15, 0.2) is 237 Å². The minimum absolute atomic E-state index is 1.27. The molecule has 0 unspecified atom stereocenters. The molecule has 394 valence electrons. The molecular formula is C85H54. The second-order valence-corrected chi connectivity index (χ2v) is 24.6. The Balaban J connectivity index is 0.962. The van der Waals surface area contributed by atoms with Gasteiger partial charge in [-0.2, -0.15) is 0 Å². The number of hydrogen-bond acceptors (Lipinski definition) is 0. The highest BCUT2D eigenvalue weighted by atomic mass is 14.4. The van der Waals surface area contributed by atoms with Crippen LogP contribution in [0.2, 0.25) is 0 Å². The first kappa shape index (κ1) is 47.1. The van der Waals surface area contributed by atoms with E-state index in [0.717, 1.165) is 0 Å². The number of hydrogen-bond donors (Lipinski definition) is 0. The summed E-state index contributed by atoms with van der Waals surface area (Å²) in [6.07, 6.45) is 0. The summed E-state index contributed by atoms with van der Waals surface area (Å²) < 4.78 is 0. The van der Waals surface area contributed by atoms with E-state index >= 15 is 0 Å². The van der Waals surface area contributed by atoms with Crippen molar-refractivity contribution in [3.8, 4) is 77.9 Å². The molecule has 0 heterocycles. The summed E-state index contributed by atoms with van der Waals surface area (Å²) in [5, 5.41) is 29.1. The molecule has 0 atom stereocenters. The molecule has 0 fully saturated rings. The first-order valence-electron chi connectivity index (χ1n) is 30.2.